The average molecular weight is 505 g/mol. The highest BCUT2D eigenvalue weighted by Gasteiger charge is 2.44. The van der Waals surface area contributed by atoms with Gasteiger partial charge >= 0.3 is 0 Å². The molecule has 3 heterocycles. The van der Waals surface area contributed by atoms with Crippen LogP contribution >= 0.6 is 0 Å². The Hall–Kier alpha value is -3.42. The van der Waals surface area contributed by atoms with Crippen molar-refractivity contribution >= 4 is 23.6 Å². The fourth-order valence-corrected chi connectivity index (χ4v) is 6.08. The Labute approximate surface area is 218 Å². The predicted octanol–water partition coefficient (Wildman–Crippen LogP) is 2.25. The van der Waals surface area contributed by atoms with Crippen molar-refractivity contribution in [2.45, 2.75) is 82.0 Å². The minimum Gasteiger partial charge on any atom is -0.351 e. The van der Waals surface area contributed by atoms with Crippen molar-refractivity contribution in [3.63, 3.8) is 0 Å². The van der Waals surface area contributed by atoms with Gasteiger partial charge in [0.1, 0.15) is 18.1 Å². The molecule has 8 heteroatoms. The minimum atomic E-state index is -0.752. The van der Waals surface area contributed by atoms with Crippen LogP contribution in [0.15, 0.2) is 54.1 Å². The van der Waals surface area contributed by atoms with Gasteiger partial charge < -0.3 is 20.4 Å². The maximum atomic E-state index is 13.8. The fourth-order valence-electron chi connectivity index (χ4n) is 6.08. The van der Waals surface area contributed by atoms with Gasteiger partial charge in [0.25, 0.3) is 0 Å². The number of hydrogen-bond donors (Lipinski definition) is 2. The van der Waals surface area contributed by atoms with E-state index >= 15 is 0 Å². The molecule has 0 radical (unpaired) electrons. The van der Waals surface area contributed by atoms with Crippen LogP contribution in [0.3, 0.4) is 0 Å². The lowest BCUT2D eigenvalue weighted by atomic mass is 9.98. The fraction of sp³-hybridized carbons (Fsp3) is 0.517. The number of fused-ring (bicyclic) bond motifs is 2. The smallest absolute Gasteiger partial charge is 0.246 e. The number of allylic oxidation sites excluding steroid dienone is 3. The van der Waals surface area contributed by atoms with Crippen molar-refractivity contribution in [3.05, 3.63) is 59.7 Å². The first-order valence-electron chi connectivity index (χ1n) is 13.6. The van der Waals surface area contributed by atoms with E-state index in [1.54, 1.807) is 9.80 Å². The van der Waals surface area contributed by atoms with E-state index in [0.717, 1.165) is 36.8 Å². The lowest BCUT2D eigenvalue weighted by Gasteiger charge is -2.32. The first kappa shape index (κ1) is 25.2. The van der Waals surface area contributed by atoms with E-state index in [0.29, 0.717) is 38.8 Å². The number of hydrogen-bond acceptors (Lipinski definition) is 4. The quantitative estimate of drug-likeness (QED) is 0.657. The van der Waals surface area contributed by atoms with Crippen molar-refractivity contribution in [1.29, 1.82) is 0 Å². The SMILES string of the molecule is O=C1C[C@H](Cc2ccccc2)NC(=O)[C@H]2CCCN2C(=O)[C@H]2CCCN2C(=O)[C@H](CC2=CCCC=C2)N1. The molecule has 37 heavy (non-hydrogen) atoms. The monoisotopic (exact) mass is 504 g/mol. The molecule has 5 rings (SSSR count). The Morgan fingerprint density at radius 3 is 2.27 bits per heavy atom. The van der Waals surface area contributed by atoms with Gasteiger partial charge in [-0.05, 0) is 56.1 Å². The van der Waals surface area contributed by atoms with Gasteiger partial charge in [0.2, 0.25) is 23.6 Å². The molecule has 3 saturated heterocycles. The number of nitrogens with zero attached hydrogens (tertiary/aromatic N) is 2. The van der Waals surface area contributed by atoms with Gasteiger partial charge in [-0.3, -0.25) is 19.2 Å². The molecule has 1 aromatic carbocycles. The molecule has 4 amide bonds. The molecule has 3 aliphatic heterocycles. The highest BCUT2D eigenvalue weighted by molar-refractivity contribution is 5.95. The summed E-state index contributed by atoms with van der Waals surface area (Å²) in [6.45, 7) is 0.995. The van der Waals surface area contributed by atoms with Crippen molar-refractivity contribution in [2.75, 3.05) is 13.1 Å². The summed E-state index contributed by atoms with van der Waals surface area (Å²) < 4.78 is 0. The molecular formula is C29H36N4O4. The molecule has 0 saturated carbocycles. The largest absolute Gasteiger partial charge is 0.351 e. The van der Waals surface area contributed by atoms with Gasteiger partial charge in [-0.25, -0.2) is 0 Å². The Kier molecular flexibility index (Phi) is 7.72. The molecule has 0 aromatic heterocycles. The molecule has 4 atom stereocenters. The molecule has 4 aliphatic rings. The van der Waals surface area contributed by atoms with Crippen molar-refractivity contribution in [1.82, 2.24) is 20.4 Å². The summed E-state index contributed by atoms with van der Waals surface area (Å²) in [7, 11) is 0. The Bertz CT molecular complexity index is 1100. The van der Waals surface area contributed by atoms with Crippen LogP contribution < -0.4 is 10.6 Å². The molecule has 3 fully saturated rings. The lowest BCUT2D eigenvalue weighted by Crippen LogP contribution is -2.55. The van der Waals surface area contributed by atoms with Crippen LogP contribution in [0.5, 0.6) is 0 Å². The third-order valence-corrected chi connectivity index (χ3v) is 7.91. The number of benzene rings is 1. The van der Waals surface area contributed by atoms with Gasteiger partial charge in [-0.15, -0.1) is 0 Å². The zero-order valence-corrected chi connectivity index (χ0v) is 21.2. The van der Waals surface area contributed by atoms with Gasteiger partial charge in [0.15, 0.2) is 0 Å². The topological polar surface area (TPSA) is 98.8 Å². The van der Waals surface area contributed by atoms with E-state index in [2.05, 4.69) is 22.8 Å². The highest BCUT2D eigenvalue weighted by atomic mass is 16.2. The number of nitrogens with one attached hydrogen (secondary N) is 2. The van der Waals surface area contributed by atoms with E-state index in [4.69, 9.17) is 0 Å². The number of amides is 4. The molecular weight excluding hydrogens is 468 g/mol. The third-order valence-electron chi connectivity index (χ3n) is 7.91. The van der Waals surface area contributed by atoms with Crippen molar-refractivity contribution in [2.24, 2.45) is 0 Å². The van der Waals surface area contributed by atoms with Crippen molar-refractivity contribution in [3.8, 4) is 0 Å². The van der Waals surface area contributed by atoms with Crippen LogP contribution in [-0.2, 0) is 25.6 Å². The molecule has 0 spiro atoms. The van der Waals surface area contributed by atoms with E-state index in [9.17, 15) is 19.2 Å². The molecule has 1 aliphatic carbocycles. The van der Waals surface area contributed by atoms with Crippen LogP contribution in [0.25, 0.3) is 0 Å². The normalized spacial score (nSPS) is 28.9. The first-order valence-corrected chi connectivity index (χ1v) is 13.6. The summed E-state index contributed by atoms with van der Waals surface area (Å²) in [5, 5.41) is 6.06. The standard InChI is InChI=1S/C29H36N4O4/c34-26-19-22(17-20-9-3-1-4-10-20)30-27(35)24-13-7-15-32(24)29(37)25-14-8-16-33(25)28(36)23(31-26)18-21-11-5-2-6-12-21/h1,3-5,9-12,22-25H,2,6-8,13-19H2,(H,30,35)(H,31,34)/t22-,23-,24+,25+/m0/s1. The second kappa shape index (κ2) is 11.3. The number of rotatable bonds is 4. The summed E-state index contributed by atoms with van der Waals surface area (Å²) >= 11 is 0. The van der Waals surface area contributed by atoms with Crippen LogP contribution in [0, 0.1) is 0 Å². The van der Waals surface area contributed by atoms with Crippen LogP contribution in [-0.4, -0.2) is 70.7 Å². The maximum Gasteiger partial charge on any atom is 0.246 e. The summed E-state index contributed by atoms with van der Waals surface area (Å²) in [5.74, 6) is -0.851. The van der Waals surface area contributed by atoms with Crippen LogP contribution in [0.1, 0.15) is 56.9 Å². The Morgan fingerprint density at radius 1 is 0.811 bits per heavy atom. The molecule has 0 bridgehead atoms. The van der Waals surface area contributed by atoms with E-state index < -0.39 is 24.2 Å². The van der Waals surface area contributed by atoms with Gasteiger partial charge in [0, 0.05) is 32.0 Å². The zero-order valence-electron chi connectivity index (χ0n) is 21.2. The number of carbonyl (C=O) groups is 4. The first-order chi connectivity index (χ1) is 18.0. The van der Waals surface area contributed by atoms with E-state index in [1.165, 1.54) is 0 Å². The molecule has 0 unspecified atom stereocenters. The minimum absolute atomic E-state index is 0.0589. The molecule has 2 N–H and O–H groups in total. The molecule has 1 aromatic rings. The van der Waals surface area contributed by atoms with Crippen LogP contribution in [0.4, 0.5) is 0 Å². The predicted molar refractivity (Wildman–Crippen MR) is 139 cm³/mol. The second-order valence-corrected chi connectivity index (χ2v) is 10.6. The number of carbonyl (C=O) groups excluding carboxylic acids is 4. The second-order valence-electron chi connectivity index (χ2n) is 10.6. The van der Waals surface area contributed by atoms with Crippen molar-refractivity contribution < 1.29 is 19.2 Å². The van der Waals surface area contributed by atoms with Gasteiger partial charge in [-0.2, -0.15) is 0 Å². The van der Waals surface area contributed by atoms with Gasteiger partial charge in [-0.1, -0.05) is 48.6 Å². The molecule has 8 nitrogen and oxygen atoms in total. The summed E-state index contributed by atoms with van der Waals surface area (Å²) in [4.78, 5) is 57.5. The zero-order chi connectivity index (χ0) is 25.8. The lowest BCUT2D eigenvalue weighted by molar-refractivity contribution is -0.147. The molecule has 196 valence electrons. The summed E-state index contributed by atoms with van der Waals surface area (Å²) in [6, 6.07) is 7.38. The average Bonchev–Trinajstić information content (AvgIpc) is 3.59. The Morgan fingerprint density at radius 2 is 1.54 bits per heavy atom. The van der Waals surface area contributed by atoms with E-state index in [-0.39, 0.29) is 30.0 Å². The Balaban J connectivity index is 1.45. The maximum absolute atomic E-state index is 13.8. The van der Waals surface area contributed by atoms with E-state index in [1.807, 2.05) is 36.4 Å². The van der Waals surface area contributed by atoms with Crippen LogP contribution in [0.2, 0.25) is 0 Å². The highest BCUT2D eigenvalue weighted by Crippen LogP contribution is 2.27. The summed E-state index contributed by atoms with van der Waals surface area (Å²) in [6.07, 6.45) is 11.7. The third kappa shape index (κ3) is 5.78. The summed E-state index contributed by atoms with van der Waals surface area (Å²) in [5.41, 5.74) is 2.03. The van der Waals surface area contributed by atoms with Gasteiger partial charge in [0.05, 0.1) is 0 Å².